The van der Waals surface area contributed by atoms with Crippen LogP contribution in [0.1, 0.15) is 52.7 Å². The number of aromatic nitrogens is 1. The Bertz CT molecular complexity index is 3760. The molecule has 0 fully saturated rings. The van der Waals surface area contributed by atoms with Gasteiger partial charge in [0.25, 0.3) is 0 Å². The van der Waals surface area contributed by atoms with Gasteiger partial charge >= 0.3 is 0 Å². The van der Waals surface area contributed by atoms with E-state index in [0.29, 0.717) is 0 Å². The van der Waals surface area contributed by atoms with Gasteiger partial charge in [-0.15, -0.1) is 0 Å². The van der Waals surface area contributed by atoms with Crippen LogP contribution in [0.25, 0.3) is 71.5 Å². The van der Waals surface area contributed by atoms with Crippen LogP contribution in [0.4, 0.5) is 34.1 Å². The number of hydrogen-bond donors (Lipinski definition) is 0. The molecule has 0 amide bonds. The molecular weight excluding hydrogens is 827 g/mol. The van der Waals surface area contributed by atoms with E-state index in [2.05, 4.69) is 268 Å². The highest BCUT2D eigenvalue weighted by molar-refractivity contribution is 6.26. The van der Waals surface area contributed by atoms with Gasteiger partial charge in [-0.2, -0.15) is 0 Å². The maximum absolute atomic E-state index is 6.99. The van der Waals surface area contributed by atoms with Crippen LogP contribution < -0.4 is 9.80 Å². The highest BCUT2D eigenvalue weighted by atomic mass is 16.3. The summed E-state index contributed by atoms with van der Waals surface area (Å²) in [7, 11) is 0. The van der Waals surface area contributed by atoms with Crippen LogP contribution in [0.5, 0.6) is 0 Å². The van der Waals surface area contributed by atoms with Crippen LogP contribution in [-0.4, -0.2) is 4.40 Å². The Morgan fingerprint density at radius 2 is 0.765 bits per heavy atom. The fraction of sp³-hybridized carbons (Fsp3) is 0.125. The standard InChI is InChI=1S/C64H53N3O/c1-63(2,3)46-24-32-50(33-25-46)65(48-28-20-44(21-29-48)42-14-9-7-10-15-42)52-37-39-58-57(40-52)54-18-13-19-56-60(54)67(58)61-55-38-36-53(41-59(55)68-62(56)61)66(51-34-26-47(27-35-51)64(4,5)6)49-30-22-45(23-31-49)43-16-11-8-12-17-43/h7-41H,1-6H3. The number of furan rings is 1. The van der Waals surface area contributed by atoms with Crippen LogP contribution in [-0.2, 0) is 10.8 Å². The van der Waals surface area contributed by atoms with Gasteiger partial charge in [0, 0.05) is 61.7 Å². The summed E-state index contributed by atoms with van der Waals surface area (Å²) in [5.41, 5.74) is 19.2. The van der Waals surface area contributed by atoms with E-state index in [-0.39, 0.29) is 10.8 Å². The second kappa shape index (κ2) is 15.8. The Morgan fingerprint density at radius 3 is 1.26 bits per heavy atom. The minimum Gasteiger partial charge on any atom is -0.454 e. The van der Waals surface area contributed by atoms with Crippen molar-refractivity contribution in [2.45, 2.75) is 52.4 Å². The highest BCUT2D eigenvalue weighted by Gasteiger charge is 2.25. The Labute approximate surface area is 398 Å². The van der Waals surface area contributed by atoms with Crippen molar-refractivity contribution in [2.75, 3.05) is 9.80 Å². The molecule has 3 aromatic heterocycles. The minimum absolute atomic E-state index is 0.0487. The molecule has 0 N–H and O–H groups in total. The molecule has 0 aliphatic rings. The molecule has 0 radical (unpaired) electrons. The first-order chi connectivity index (χ1) is 33.0. The third kappa shape index (κ3) is 6.98. The molecule has 0 aliphatic heterocycles. The quantitative estimate of drug-likeness (QED) is 0.152. The molecule has 330 valence electrons. The summed E-state index contributed by atoms with van der Waals surface area (Å²) < 4.78 is 9.43. The van der Waals surface area contributed by atoms with Crippen molar-refractivity contribution in [3.05, 3.63) is 223 Å². The van der Waals surface area contributed by atoms with E-state index in [1.807, 2.05) is 0 Å². The Kier molecular flexibility index (Phi) is 9.60. The molecular formula is C64H53N3O. The molecule has 0 bridgehead atoms. The molecule has 0 atom stereocenters. The molecule has 0 saturated heterocycles. The van der Waals surface area contributed by atoms with Crippen molar-refractivity contribution in [1.82, 2.24) is 4.40 Å². The number of para-hydroxylation sites is 1. The maximum Gasteiger partial charge on any atom is 0.161 e. The topological polar surface area (TPSA) is 24.0 Å². The third-order valence-electron chi connectivity index (χ3n) is 13.9. The van der Waals surface area contributed by atoms with Gasteiger partial charge in [-0.05, 0) is 129 Å². The van der Waals surface area contributed by atoms with Gasteiger partial charge in [0.2, 0.25) is 0 Å². The summed E-state index contributed by atoms with van der Waals surface area (Å²) in [5, 5.41) is 4.62. The Morgan fingerprint density at radius 1 is 0.338 bits per heavy atom. The van der Waals surface area contributed by atoms with E-state index in [1.54, 1.807) is 0 Å². The van der Waals surface area contributed by atoms with Gasteiger partial charge in [0.05, 0.1) is 11.0 Å². The van der Waals surface area contributed by atoms with Crippen molar-refractivity contribution in [3.8, 4) is 22.3 Å². The first kappa shape index (κ1) is 41.4. The van der Waals surface area contributed by atoms with E-state index in [0.717, 1.165) is 67.1 Å². The number of nitrogens with zero attached hydrogens (tertiary/aromatic N) is 3. The SMILES string of the molecule is CC(C)(C)c1ccc(N(c2ccc(-c3ccccc3)cc2)c2ccc3c(c2)oc2c4cccc5c6cc(N(c7ccc(-c8ccccc8)cc7)c7ccc(C(C)(C)C)cc7)ccc6n(c54)c32)cc1. The summed E-state index contributed by atoms with van der Waals surface area (Å²) in [6.07, 6.45) is 0. The fourth-order valence-corrected chi connectivity index (χ4v) is 10.2. The van der Waals surface area contributed by atoms with Crippen LogP contribution in [0.3, 0.4) is 0 Å². The van der Waals surface area contributed by atoms with E-state index in [1.165, 1.54) is 49.7 Å². The maximum atomic E-state index is 6.99. The second-order valence-electron chi connectivity index (χ2n) is 20.3. The smallest absolute Gasteiger partial charge is 0.161 e. The van der Waals surface area contributed by atoms with Gasteiger partial charge in [-0.1, -0.05) is 163 Å². The number of fused-ring (bicyclic) bond motifs is 8. The average molecular weight is 880 g/mol. The minimum atomic E-state index is 0.0487. The zero-order valence-corrected chi connectivity index (χ0v) is 39.5. The fourth-order valence-electron chi connectivity index (χ4n) is 10.2. The summed E-state index contributed by atoms with van der Waals surface area (Å²) in [5.74, 6) is 0. The van der Waals surface area contributed by atoms with Crippen LogP contribution >= 0.6 is 0 Å². The third-order valence-corrected chi connectivity index (χ3v) is 13.9. The summed E-state index contributed by atoms with van der Waals surface area (Å²) in [6.45, 7) is 13.6. The lowest BCUT2D eigenvalue weighted by molar-refractivity contribution is 0.590. The molecule has 12 rings (SSSR count). The van der Waals surface area contributed by atoms with Crippen molar-refractivity contribution in [2.24, 2.45) is 0 Å². The van der Waals surface area contributed by atoms with Gasteiger partial charge in [-0.3, -0.25) is 0 Å². The Balaban J connectivity index is 0.988. The summed E-state index contributed by atoms with van der Waals surface area (Å²) in [4.78, 5) is 4.72. The zero-order valence-electron chi connectivity index (χ0n) is 39.5. The van der Waals surface area contributed by atoms with Crippen LogP contribution in [0.15, 0.2) is 217 Å². The molecule has 0 saturated carbocycles. The molecule has 12 aromatic rings. The largest absolute Gasteiger partial charge is 0.454 e. The normalized spacial score (nSPS) is 12.3. The first-order valence-electron chi connectivity index (χ1n) is 23.7. The number of rotatable bonds is 8. The Hall–Kier alpha value is -8.08. The van der Waals surface area contributed by atoms with Crippen molar-refractivity contribution < 1.29 is 4.42 Å². The monoisotopic (exact) mass is 879 g/mol. The van der Waals surface area contributed by atoms with Crippen molar-refractivity contribution in [1.29, 1.82) is 0 Å². The molecule has 4 nitrogen and oxygen atoms in total. The number of benzene rings is 9. The van der Waals surface area contributed by atoms with Crippen LogP contribution in [0.2, 0.25) is 0 Å². The van der Waals surface area contributed by atoms with E-state index in [9.17, 15) is 0 Å². The zero-order chi connectivity index (χ0) is 46.3. The van der Waals surface area contributed by atoms with Crippen molar-refractivity contribution in [3.63, 3.8) is 0 Å². The summed E-state index contributed by atoms with van der Waals surface area (Å²) in [6, 6.07) is 77.4. The van der Waals surface area contributed by atoms with Crippen molar-refractivity contribution >= 4 is 83.4 Å². The first-order valence-corrected chi connectivity index (χ1v) is 23.7. The highest BCUT2D eigenvalue weighted by Crippen LogP contribution is 2.47. The van der Waals surface area contributed by atoms with Gasteiger partial charge in [0.15, 0.2) is 5.58 Å². The molecule has 0 aliphatic carbocycles. The summed E-state index contributed by atoms with van der Waals surface area (Å²) >= 11 is 0. The molecule has 4 heteroatoms. The lowest BCUT2D eigenvalue weighted by Gasteiger charge is -2.27. The lowest BCUT2D eigenvalue weighted by atomic mass is 9.87. The van der Waals surface area contributed by atoms with Crippen LogP contribution in [0, 0.1) is 0 Å². The van der Waals surface area contributed by atoms with Gasteiger partial charge < -0.3 is 18.6 Å². The lowest BCUT2D eigenvalue weighted by Crippen LogP contribution is -2.13. The molecule has 3 heterocycles. The molecule has 68 heavy (non-hydrogen) atoms. The van der Waals surface area contributed by atoms with Gasteiger partial charge in [-0.25, -0.2) is 0 Å². The second-order valence-corrected chi connectivity index (χ2v) is 20.3. The van der Waals surface area contributed by atoms with E-state index < -0.39 is 0 Å². The molecule has 0 spiro atoms. The average Bonchev–Trinajstić information content (AvgIpc) is 4.01. The van der Waals surface area contributed by atoms with E-state index in [4.69, 9.17) is 4.42 Å². The predicted octanol–water partition coefficient (Wildman–Crippen LogP) is 18.5. The van der Waals surface area contributed by atoms with Gasteiger partial charge in [0.1, 0.15) is 11.1 Å². The number of anilines is 6. The number of hydrogen-bond acceptors (Lipinski definition) is 3. The molecule has 9 aromatic carbocycles. The van der Waals surface area contributed by atoms with E-state index >= 15 is 0 Å². The predicted molar refractivity (Wildman–Crippen MR) is 289 cm³/mol. The molecule has 0 unspecified atom stereocenters.